The lowest BCUT2D eigenvalue weighted by Crippen LogP contribution is -2.26. The van der Waals surface area contributed by atoms with Gasteiger partial charge in [-0.3, -0.25) is 4.79 Å². The predicted octanol–water partition coefficient (Wildman–Crippen LogP) is 0.889. The van der Waals surface area contributed by atoms with Crippen molar-refractivity contribution in [1.82, 2.24) is 20.7 Å². The second-order valence-electron chi connectivity index (χ2n) is 3.07. The molecule has 6 nitrogen and oxygen atoms in total. The third-order valence-corrected chi connectivity index (χ3v) is 1.97. The van der Waals surface area contributed by atoms with Gasteiger partial charge in [0.25, 0.3) is 5.91 Å². The average Bonchev–Trinajstić information content (AvgIpc) is 2.91. The van der Waals surface area contributed by atoms with Crippen LogP contribution in [0.2, 0.25) is 0 Å². The molecule has 0 saturated carbocycles. The Kier molecular flexibility index (Phi) is 2.49. The number of hydrogen-bond acceptors (Lipinski definition) is 4. The molecule has 0 aliphatic carbocycles. The molecule has 2 N–H and O–H groups in total. The molecule has 0 saturated heterocycles. The Hall–Kier alpha value is -2.11. The van der Waals surface area contributed by atoms with Crippen molar-refractivity contribution in [3.63, 3.8) is 0 Å². The summed E-state index contributed by atoms with van der Waals surface area (Å²) in [5.41, 5.74) is 0.258. The Bertz CT molecular complexity index is 421. The number of carbonyl (C=O) groups is 1. The van der Waals surface area contributed by atoms with E-state index in [2.05, 4.69) is 20.7 Å². The topological polar surface area (TPSA) is 83.8 Å². The summed E-state index contributed by atoms with van der Waals surface area (Å²) in [7, 11) is 0. The van der Waals surface area contributed by atoms with Crippen LogP contribution in [0.15, 0.2) is 29.0 Å². The lowest BCUT2D eigenvalue weighted by atomic mass is 10.2. The number of nitrogens with one attached hydrogen (secondary N) is 2. The highest BCUT2D eigenvalue weighted by Gasteiger charge is 2.14. The molecule has 2 aromatic rings. The highest BCUT2D eigenvalue weighted by atomic mass is 16.3. The summed E-state index contributed by atoms with van der Waals surface area (Å²) in [6.07, 6.45) is 2.93. The second-order valence-corrected chi connectivity index (χ2v) is 3.07. The smallest absolute Gasteiger partial charge is 0.274 e. The van der Waals surface area contributed by atoms with Gasteiger partial charge in [0, 0.05) is 0 Å². The van der Waals surface area contributed by atoms with E-state index in [-0.39, 0.29) is 17.6 Å². The zero-order valence-corrected chi connectivity index (χ0v) is 8.10. The highest BCUT2D eigenvalue weighted by Crippen LogP contribution is 2.12. The minimum absolute atomic E-state index is 0.191. The number of aromatic nitrogens is 3. The number of furan rings is 1. The zero-order chi connectivity index (χ0) is 10.7. The van der Waals surface area contributed by atoms with E-state index in [4.69, 9.17) is 4.42 Å². The van der Waals surface area contributed by atoms with Crippen molar-refractivity contribution in [2.24, 2.45) is 0 Å². The van der Waals surface area contributed by atoms with Gasteiger partial charge in [-0.1, -0.05) is 0 Å². The molecule has 15 heavy (non-hydrogen) atoms. The summed E-state index contributed by atoms with van der Waals surface area (Å²) in [6, 6.07) is 3.38. The van der Waals surface area contributed by atoms with Gasteiger partial charge >= 0.3 is 0 Å². The van der Waals surface area contributed by atoms with Crippen LogP contribution in [0.5, 0.6) is 0 Å². The predicted molar refractivity (Wildman–Crippen MR) is 51.0 cm³/mol. The molecule has 0 fully saturated rings. The SMILES string of the molecule is CC(NC(=O)c1cn[nH]n1)c1ccco1. The first kappa shape index (κ1) is 9.45. The summed E-state index contributed by atoms with van der Waals surface area (Å²) < 4.78 is 5.15. The van der Waals surface area contributed by atoms with Gasteiger partial charge in [0.05, 0.1) is 18.5 Å². The molecule has 2 rings (SSSR count). The van der Waals surface area contributed by atoms with Crippen molar-refractivity contribution in [2.75, 3.05) is 0 Å². The van der Waals surface area contributed by atoms with E-state index in [1.54, 1.807) is 18.4 Å². The molecule has 0 radical (unpaired) electrons. The standard InChI is InChI=1S/C9H10N4O2/c1-6(8-3-2-4-15-8)11-9(14)7-5-10-13-12-7/h2-6H,1H3,(H,11,14)(H,10,12,13). The Labute approximate surface area is 85.7 Å². The Morgan fingerprint density at radius 1 is 1.67 bits per heavy atom. The normalized spacial score (nSPS) is 12.3. The largest absolute Gasteiger partial charge is 0.467 e. The molecule has 0 aliphatic heterocycles. The molecular weight excluding hydrogens is 196 g/mol. The fourth-order valence-electron chi connectivity index (χ4n) is 1.19. The Balaban J connectivity index is 2.01. The first-order valence-electron chi connectivity index (χ1n) is 4.47. The molecule has 1 atom stereocenters. The first-order valence-corrected chi connectivity index (χ1v) is 4.47. The maximum absolute atomic E-state index is 11.5. The third kappa shape index (κ3) is 2.04. The van der Waals surface area contributed by atoms with Crippen molar-refractivity contribution < 1.29 is 9.21 Å². The summed E-state index contributed by atoms with van der Waals surface area (Å²) in [5, 5.41) is 12.3. The van der Waals surface area contributed by atoms with E-state index in [0.29, 0.717) is 5.76 Å². The lowest BCUT2D eigenvalue weighted by molar-refractivity contribution is 0.0930. The van der Waals surface area contributed by atoms with Gasteiger partial charge in [0.15, 0.2) is 5.69 Å². The average molecular weight is 206 g/mol. The van der Waals surface area contributed by atoms with E-state index in [9.17, 15) is 4.79 Å². The highest BCUT2D eigenvalue weighted by molar-refractivity contribution is 5.91. The van der Waals surface area contributed by atoms with Gasteiger partial charge in [-0.2, -0.15) is 15.4 Å². The van der Waals surface area contributed by atoms with Crippen LogP contribution >= 0.6 is 0 Å². The molecule has 2 aromatic heterocycles. The molecular formula is C9H10N4O2. The van der Waals surface area contributed by atoms with Crippen LogP contribution in [-0.4, -0.2) is 21.3 Å². The van der Waals surface area contributed by atoms with Crippen molar-refractivity contribution in [3.05, 3.63) is 36.0 Å². The fourth-order valence-corrected chi connectivity index (χ4v) is 1.19. The fraction of sp³-hybridized carbons (Fsp3) is 0.222. The summed E-state index contributed by atoms with van der Waals surface area (Å²) in [5.74, 6) is 0.416. The van der Waals surface area contributed by atoms with Gasteiger partial charge in [-0.25, -0.2) is 0 Å². The van der Waals surface area contributed by atoms with Gasteiger partial charge in [0.2, 0.25) is 0 Å². The number of aromatic amines is 1. The second kappa shape index (κ2) is 3.95. The third-order valence-electron chi connectivity index (χ3n) is 1.97. The Morgan fingerprint density at radius 2 is 2.53 bits per heavy atom. The van der Waals surface area contributed by atoms with Crippen molar-refractivity contribution >= 4 is 5.91 Å². The number of amides is 1. The zero-order valence-electron chi connectivity index (χ0n) is 8.10. The van der Waals surface area contributed by atoms with Crippen LogP contribution < -0.4 is 5.32 Å². The molecule has 1 amide bonds. The van der Waals surface area contributed by atoms with E-state index < -0.39 is 0 Å². The molecule has 6 heteroatoms. The lowest BCUT2D eigenvalue weighted by Gasteiger charge is -2.09. The summed E-state index contributed by atoms with van der Waals surface area (Å²) >= 11 is 0. The maximum Gasteiger partial charge on any atom is 0.274 e. The quantitative estimate of drug-likeness (QED) is 0.781. The number of carbonyl (C=O) groups excluding carboxylic acids is 1. The minimum Gasteiger partial charge on any atom is -0.467 e. The van der Waals surface area contributed by atoms with Crippen LogP contribution in [0.3, 0.4) is 0 Å². The molecule has 1 unspecified atom stereocenters. The van der Waals surface area contributed by atoms with Gasteiger partial charge in [-0.15, -0.1) is 0 Å². The summed E-state index contributed by atoms with van der Waals surface area (Å²) in [4.78, 5) is 11.5. The molecule has 0 aliphatic rings. The Morgan fingerprint density at radius 3 is 3.13 bits per heavy atom. The van der Waals surface area contributed by atoms with Crippen LogP contribution in [-0.2, 0) is 0 Å². The number of rotatable bonds is 3. The van der Waals surface area contributed by atoms with E-state index in [0.717, 1.165) is 0 Å². The van der Waals surface area contributed by atoms with Crippen LogP contribution in [0.25, 0.3) is 0 Å². The monoisotopic (exact) mass is 206 g/mol. The van der Waals surface area contributed by atoms with Crippen molar-refractivity contribution in [2.45, 2.75) is 13.0 Å². The molecule has 0 bridgehead atoms. The summed E-state index contributed by atoms with van der Waals surface area (Å²) in [6.45, 7) is 1.83. The van der Waals surface area contributed by atoms with E-state index >= 15 is 0 Å². The molecule has 0 spiro atoms. The van der Waals surface area contributed by atoms with Crippen molar-refractivity contribution in [3.8, 4) is 0 Å². The van der Waals surface area contributed by atoms with Gasteiger partial charge in [0.1, 0.15) is 5.76 Å². The van der Waals surface area contributed by atoms with E-state index in [1.165, 1.54) is 6.20 Å². The van der Waals surface area contributed by atoms with Gasteiger partial charge in [-0.05, 0) is 19.1 Å². The van der Waals surface area contributed by atoms with Crippen molar-refractivity contribution in [1.29, 1.82) is 0 Å². The molecule has 2 heterocycles. The van der Waals surface area contributed by atoms with Gasteiger partial charge < -0.3 is 9.73 Å². The number of H-pyrrole nitrogens is 1. The maximum atomic E-state index is 11.5. The van der Waals surface area contributed by atoms with E-state index in [1.807, 2.05) is 6.92 Å². The first-order chi connectivity index (χ1) is 7.27. The number of hydrogen-bond donors (Lipinski definition) is 2. The molecule has 0 aromatic carbocycles. The van der Waals surface area contributed by atoms with Crippen LogP contribution in [0.4, 0.5) is 0 Å². The minimum atomic E-state index is -0.285. The number of nitrogens with zero attached hydrogens (tertiary/aromatic N) is 2. The van der Waals surface area contributed by atoms with Crippen LogP contribution in [0.1, 0.15) is 29.2 Å². The molecule has 78 valence electrons. The van der Waals surface area contributed by atoms with Crippen LogP contribution in [0, 0.1) is 0 Å².